The number of aromatic nitrogens is 1. The molecule has 4 unspecified atom stereocenters. The molecule has 3 aliphatic carbocycles. The van der Waals surface area contributed by atoms with Crippen LogP contribution in [0.1, 0.15) is 114 Å². The van der Waals surface area contributed by atoms with Gasteiger partial charge in [0.05, 0.1) is 5.92 Å². The predicted molar refractivity (Wildman–Crippen MR) is 178 cm³/mol. The monoisotopic (exact) mass is 653 g/mol. The average molecular weight is 654 g/mol. The van der Waals surface area contributed by atoms with Gasteiger partial charge >= 0.3 is 11.9 Å². The third-order valence-corrected chi connectivity index (χ3v) is 11.4. The Labute approximate surface area is 277 Å². The van der Waals surface area contributed by atoms with Crippen LogP contribution in [0.15, 0.2) is 35.7 Å². The Hall–Kier alpha value is -3.27. The van der Waals surface area contributed by atoms with Crippen LogP contribution in [0.2, 0.25) is 0 Å². The molecule has 3 fully saturated rings. The number of esters is 1. The van der Waals surface area contributed by atoms with Crippen LogP contribution < -0.4 is 5.32 Å². The molecule has 1 aromatic carbocycles. The number of nitrogens with one attached hydrogen (secondary N) is 1. The maximum absolute atomic E-state index is 13.6. The van der Waals surface area contributed by atoms with Crippen molar-refractivity contribution in [2.75, 3.05) is 7.05 Å². The van der Waals surface area contributed by atoms with Crippen molar-refractivity contribution in [1.29, 1.82) is 0 Å². The lowest BCUT2D eigenvalue weighted by Gasteiger charge is -2.76. The molecule has 3 saturated carbocycles. The number of carboxylic acids is 1. The summed E-state index contributed by atoms with van der Waals surface area (Å²) in [5, 5.41) is 14.6. The summed E-state index contributed by atoms with van der Waals surface area (Å²) in [4.78, 5) is 57.1. The minimum absolute atomic E-state index is 0.0960. The lowest BCUT2D eigenvalue weighted by molar-refractivity contribution is -0.260. The van der Waals surface area contributed by atoms with E-state index in [1.807, 2.05) is 42.3 Å². The fourth-order valence-corrected chi connectivity index (χ4v) is 8.37. The molecule has 0 saturated heterocycles. The molecule has 0 spiro atoms. The van der Waals surface area contributed by atoms with Crippen molar-refractivity contribution in [3.63, 3.8) is 0 Å². The molecule has 4 atom stereocenters. The zero-order chi connectivity index (χ0) is 34.0. The normalized spacial score (nSPS) is 22.9. The van der Waals surface area contributed by atoms with Crippen LogP contribution in [-0.4, -0.2) is 57.9 Å². The number of amides is 2. The highest BCUT2D eigenvalue weighted by Gasteiger charge is 2.71. The largest absolute Gasteiger partial charge is 0.481 e. The van der Waals surface area contributed by atoms with Crippen LogP contribution in [-0.2, 0) is 25.5 Å². The molecule has 46 heavy (non-hydrogen) atoms. The fourth-order valence-electron chi connectivity index (χ4n) is 7.53. The molecule has 2 N–H and O–H groups in total. The number of aliphatic carboxylic acids is 1. The van der Waals surface area contributed by atoms with Crippen LogP contribution >= 0.6 is 11.3 Å². The van der Waals surface area contributed by atoms with Gasteiger partial charge < -0.3 is 20.1 Å². The Morgan fingerprint density at radius 1 is 1.07 bits per heavy atom. The average Bonchev–Trinajstić information content (AvgIpc) is 3.41. The predicted octanol–water partition coefficient (Wildman–Crippen LogP) is 6.68. The van der Waals surface area contributed by atoms with E-state index in [-0.39, 0.29) is 40.8 Å². The molecule has 0 radical (unpaired) electrons. The second-order valence-corrected chi connectivity index (χ2v) is 16.2. The van der Waals surface area contributed by atoms with Gasteiger partial charge in [-0.15, -0.1) is 11.3 Å². The van der Waals surface area contributed by atoms with E-state index >= 15 is 0 Å². The van der Waals surface area contributed by atoms with Crippen LogP contribution in [0.5, 0.6) is 0 Å². The first-order valence-electron chi connectivity index (χ1n) is 16.4. The maximum Gasteiger partial charge on any atom is 0.306 e. The second kappa shape index (κ2) is 13.8. The highest BCUT2D eigenvalue weighted by Crippen LogP contribution is 2.80. The number of carbonyl (C=O) groups is 4. The first-order chi connectivity index (χ1) is 21.4. The fraction of sp³-hybridized carbons (Fsp3) is 0.639. The third kappa shape index (κ3) is 7.99. The van der Waals surface area contributed by atoms with Gasteiger partial charge in [0.15, 0.2) is 6.10 Å². The van der Waals surface area contributed by atoms with Crippen molar-refractivity contribution in [3.05, 3.63) is 52.0 Å². The number of rotatable bonds is 15. The molecule has 3 aliphatic rings. The van der Waals surface area contributed by atoms with Gasteiger partial charge in [0.1, 0.15) is 10.7 Å². The number of carboxylic acid groups (broad SMARTS) is 1. The van der Waals surface area contributed by atoms with Gasteiger partial charge in [-0.25, -0.2) is 4.98 Å². The van der Waals surface area contributed by atoms with Crippen LogP contribution in [0.4, 0.5) is 0 Å². The number of hydrogen-bond donors (Lipinski definition) is 2. The molecule has 9 nitrogen and oxygen atoms in total. The van der Waals surface area contributed by atoms with E-state index in [1.54, 1.807) is 12.3 Å². The quantitative estimate of drug-likeness (QED) is 0.206. The van der Waals surface area contributed by atoms with Crippen LogP contribution in [0.3, 0.4) is 0 Å². The first-order valence-corrected chi connectivity index (χ1v) is 17.3. The molecule has 2 amide bonds. The lowest BCUT2D eigenvalue weighted by Crippen LogP contribution is -2.67. The molecule has 1 aromatic heterocycles. The number of carbonyl (C=O) groups excluding carboxylic acids is 3. The van der Waals surface area contributed by atoms with Crippen molar-refractivity contribution >= 4 is 35.1 Å². The topological polar surface area (TPSA) is 126 Å². The minimum Gasteiger partial charge on any atom is -0.481 e. The second-order valence-electron chi connectivity index (χ2n) is 15.3. The van der Waals surface area contributed by atoms with Gasteiger partial charge in [-0.05, 0) is 59.8 Å². The van der Waals surface area contributed by atoms with Crippen molar-refractivity contribution < 1.29 is 29.0 Å². The summed E-state index contributed by atoms with van der Waals surface area (Å²) in [6.07, 6.45) is 4.24. The van der Waals surface area contributed by atoms with E-state index in [9.17, 15) is 24.3 Å². The summed E-state index contributed by atoms with van der Waals surface area (Å²) in [5.74, 6) is -2.24. The molecule has 10 heteroatoms. The summed E-state index contributed by atoms with van der Waals surface area (Å²) < 4.78 is 5.74. The molecule has 2 aromatic rings. The van der Waals surface area contributed by atoms with E-state index in [0.29, 0.717) is 29.7 Å². The number of hydrogen-bond acceptors (Lipinski definition) is 7. The number of ether oxygens (including phenoxy) is 1. The Bertz CT molecular complexity index is 1390. The molecular weight excluding hydrogens is 602 g/mol. The summed E-state index contributed by atoms with van der Waals surface area (Å²) in [7, 11) is 1.84. The molecule has 5 rings (SSSR count). The van der Waals surface area contributed by atoms with Crippen molar-refractivity contribution in [2.24, 2.45) is 28.1 Å². The smallest absolute Gasteiger partial charge is 0.306 e. The summed E-state index contributed by atoms with van der Waals surface area (Å²) >= 11 is 1.24. The summed E-state index contributed by atoms with van der Waals surface area (Å²) in [5.41, 5.74) is 1.91. The third-order valence-electron chi connectivity index (χ3n) is 10.4. The van der Waals surface area contributed by atoms with Crippen LogP contribution in [0, 0.1) is 28.1 Å². The lowest BCUT2D eigenvalue weighted by atomic mass is 9.29. The zero-order valence-corrected chi connectivity index (χ0v) is 29.4. The summed E-state index contributed by atoms with van der Waals surface area (Å²) in [6.45, 7) is 14.0. The van der Waals surface area contributed by atoms with Crippen molar-refractivity contribution in [2.45, 2.75) is 112 Å². The molecule has 2 bridgehead atoms. The van der Waals surface area contributed by atoms with Gasteiger partial charge in [-0.1, -0.05) is 71.9 Å². The van der Waals surface area contributed by atoms with Crippen molar-refractivity contribution in [1.82, 2.24) is 15.2 Å². The zero-order valence-electron chi connectivity index (χ0n) is 28.6. The van der Waals surface area contributed by atoms with Gasteiger partial charge in [0, 0.05) is 44.3 Å². The van der Waals surface area contributed by atoms with E-state index in [0.717, 1.165) is 24.8 Å². The maximum atomic E-state index is 13.6. The Morgan fingerprint density at radius 3 is 2.24 bits per heavy atom. The van der Waals surface area contributed by atoms with Gasteiger partial charge in [-0.2, -0.15) is 0 Å². The molecule has 1 heterocycles. The van der Waals surface area contributed by atoms with Crippen molar-refractivity contribution in [3.8, 4) is 0 Å². The van der Waals surface area contributed by atoms with E-state index in [2.05, 4.69) is 44.9 Å². The van der Waals surface area contributed by atoms with E-state index in [4.69, 9.17) is 4.74 Å². The Kier molecular flexibility index (Phi) is 10.7. The molecule has 252 valence electrons. The van der Waals surface area contributed by atoms with Crippen LogP contribution in [0.25, 0.3) is 0 Å². The first kappa shape index (κ1) is 35.6. The molecule has 0 aliphatic heterocycles. The van der Waals surface area contributed by atoms with Gasteiger partial charge in [-0.3, -0.25) is 19.2 Å². The van der Waals surface area contributed by atoms with Gasteiger partial charge in [0.25, 0.3) is 5.91 Å². The standard InChI is InChI=1S/C36H51N3O6S/c1-22(2)28(39(8)30(41)17-35-19-36(20-35,21-35)34(5,6)7)16-29(45-24(4)40)32-38-27(18-46-32)31(42)37-26(14-23(3)33(43)44)15-25-12-10-9-11-13-25/h9-13,18,22-23,26,28-29H,14-17,19-21H2,1-8H3,(H,37,42)(H,43,44). The SMILES string of the molecule is CC(=O)OC(CC(C(C)C)N(C)C(=O)CC12CC(C(C)(C)C)(C1)C2)c1nc(C(=O)NC(Cc2ccccc2)CC(C)C(=O)O)cs1. The minimum atomic E-state index is -0.923. The highest BCUT2D eigenvalue weighted by molar-refractivity contribution is 7.09. The van der Waals surface area contributed by atoms with E-state index in [1.165, 1.54) is 18.3 Å². The van der Waals surface area contributed by atoms with E-state index < -0.39 is 35.9 Å². The van der Waals surface area contributed by atoms with Gasteiger partial charge in [0.2, 0.25) is 5.91 Å². The summed E-state index contributed by atoms with van der Waals surface area (Å²) in [6, 6.07) is 8.99. The Balaban J connectivity index is 1.44. The number of nitrogens with zero attached hydrogens (tertiary/aromatic N) is 2. The molecular formula is C36H51N3O6S. The number of benzene rings is 1. The Morgan fingerprint density at radius 2 is 1.70 bits per heavy atom. The number of thiazole rings is 1. The highest BCUT2D eigenvalue weighted by atomic mass is 32.1.